The lowest BCUT2D eigenvalue weighted by atomic mass is 10.0. The van der Waals surface area contributed by atoms with Crippen LogP contribution >= 0.6 is 79.8 Å². The molecule has 0 spiro atoms. The molecular weight excluding hydrogens is 2140 g/mol. The molecule has 0 saturated carbocycles. The number of hydrogen-bond acceptors (Lipinski definition) is 35. The van der Waals surface area contributed by atoms with Crippen LogP contribution < -0.4 is 34.4 Å². The summed E-state index contributed by atoms with van der Waals surface area (Å²) < 4.78 is 52.6. The van der Waals surface area contributed by atoms with E-state index >= 15 is 0 Å². The Kier molecular flexibility index (Phi) is 37.3. The smallest absolute Gasteiger partial charge is 0.167 e. The number of aliphatic hydroxyl groups is 8. The number of ether oxygens (including phenoxy) is 7. The summed E-state index contributed by atoms with van der Waals surface area (Å²) in [4.78, 5) is 60.5. The van der Waals surface area contributed by atoms with Crippen LogP contribution in [0.25, 0.3) is 67.0 Å². The molecule has 20 N–H and O–H groups in total. The van der Waals surface area contributed by atoms with Gasteiger partial charge in [0.1, 0.15) is 87.6 Å². The summed E-state index contributed by atoms with van der Waals surface area (Å²) in [6.45, 7) is 25.0. The first-order valence-corrected chi connectivity index (χ1v) is 68.5. The van der Waals surface area contributed by atoms with E-state index in [1.165, 1.54) is 12.7 Å². The van der Waals surface area contributed by atoms with Crippen molar-refractivity contribution in [3.8, 4) is 0 Å². The number of aliphatic hydroxyl groups excluding tert-OH is 8. The fourth-order valence-corrected chi connectivity index (χ4v) is 25.3. The van der Waals surface area contributed by atoms with Gasteiger partial charge < -0.3 is 108 Å². The van der Waals surface area contributed by atoms with Crippen molar-refractivity contribution in [2.24, 2.45) is 5.92 Å². The molecule has 12 aromatic heterocycles. The number of rotatable bonds is 28. The largest absolute Gasteiger partial charge is 0.397 e. The van der Waals surface area contributed by atoms with Crippen molar-refractivity contribution in [1.29, 1.82) is 0 Å². The minimum atomic E-state index is -1.23. The first-order chi connectivity index (χ1) is 67.6. The lowest BCUT2D eigenvalue weighted by Gasteiger charge is -2.20. The van der Waals surface area contributed by atoms with Crippen LogP contribution in [-0.4, -0.2) is 400 Å². The number of nitrogen functional groups attached to an aromatic ring is 6. The highest BCUT2D eigenvalue weighted by Gasteiger charge is 2.51. The Bertz CT molecular complexity index is 6430. The SMILES string of the molecule is C=P(C)(C)CCC1OC(n2cnc3c(N)ccnc32)[C@H](Br)[C@@H]1O.C=P(C)(C)CCC1OC(n2cnc3c(N)ccnc32)[C@H](C)[C@@H]1O.C=P(C)(C)CCC1OC(n2cnc3c(N)ccnc32)[C@H](I)[C@@H]1O.C=P(C)(C)CCC1OC(n2cnc3c(N)ccnc32)[C@H](OC)[C@@H]1O.C=P(C)(C)CCC1OC(n2cnc3c(N)nc(CC)nc32)[C@H](O)[C@@H]1O.C=P(C)(C)CCC1OC(n2cnc3c(N)nc(CCC)nc32)[C@H](O)[C@@H]1O. The number of imidazole rings is 6. The maximum absolute atomic E-state index is 10.6. The number of halogens is 2. The second-order valence-corrected chi connectivity index (χ2v) is 70.6. The van der Waals surface area contributed by atoms with Crippen LogP contribution in [0.4, 0.5) is 34.4 Å². The quantitative estimate of drug-likeness (QED) is 0.0123. The lowest BCUT2D eigenvalue weighted by Crippen LogP contribution is -2.33. The molecule has 12 aromatic rings. The zero-order valence-electron chi connectivity index (χ0n) is 85.1. The Morgan fingerprint density at radius 2 is 0.625 bits per heavy atom. The summed E-state index contributed by atoms with van der Waals surface area (Å²) in [6, 6.07) is 6.89. The zero-order valence-corrected chi connectivity index (χ0v) is 94.2. The first-order valence-electron chi connectivity index (χ1n) is 48.1. The van der Waals surface area contributed by atoms with Gasteiger partial charge in [-0.3, -0.25) is 27.4 Å². The number of aromatic nitrogens is 20. The third kappa shape index (κ3) is 27.2. The highest BCUT2D eigenvalue weighted by atomic mass is 127. The average Bonchev–Trinajstić information content (AvgIpc) is 1.65. The van der Waals surface area contributed by atoms with Crippen molar-refractivity contribution >= 4 is 219 Å². The first kappa shape index (κ1) is 114. The number of fused-ring (bicyclic) bond motifs is 6. The molecular formula is C95H148BrIN26O15P6. The number of nitrogens with two attached hydrogens (primary N) is 6. The third-order valence-electron chi connectivity index (χ3n) is 26.0. The van der Waals surface area contributed by atoms with Crippen LogP contribution in [-0.2, 0) is 46.0 Å². The third-order valence-corrected chi connectivity index (χ3v) is 37.2. The van der Waals surface area contributed by atoms with Gasteiger partial charge in [-0.05, 0) is 186 Å². The molecule has 144 heavy (non-hydrogen) atoms. The average molecular weight is 2290 g/mol. The van der Waals surface area contributed by atoms with Gasteiger partial charge in [-0.1, -0.05) is 59.3 Å². The lowest BCUT2D eigenvalue weighted by molar-refractivity contribution is -0.0496. The molecule has 0 bridgehead atoms. The number of nitrogens with zero attached hydrogens (tertiary/aromatic N) is 20. The number of hydrogen-bond donors (Lipinski definition) is 14. The monoisotopic (exact) mass is 2280 g/mol. The van der Waals surface area contributed by atoms with Crippen molar-refractivity contribution in [3.05, 3.63) is 98.7 Å². The molecule has 792 valence electrons. The zero-order chi connectivity index (χ0) is 105. The van der Waals surface area contributed by atoms with E-state index in [1.807, 2.05) is 34.5 Å². The summed E-state index contributed by atoms with van der Waals surface area (Å²) >= 11 is 5.82. The minimum Gasteiger partial charge on any atom is -0.397 e. The summed E-state index contributed by atoms with van der Waals surface area (Å²) in [6.07, 6.45) is 42.6. The second-order valence-electron chi connectivity index (χ2n) is 42.2. The Balaban J connectivity index is 0.000000145. The second kappa shape index (κ2) is 47.1. The van der Waals surface area contributed by atoms with Crippen molar-refractivity contribution < 1.29 is 74.0 Å². The molecule has 6 fully saturated rings. The summed E-state index contributed by atoms with van der Waals surface area (Å²) in [5.41, 5.74) is 45.3. The normalized spacial score (nSPS) is 27.8. The van der Waals surface area contributed by atoms with Gasteiger partial charge in [0.25, 0.3) is 0 Å². The van der Waals surface area contributed by atoms with Gasteiger partial charge in [-0.15, -0.1) is 79.1 Å². The molecule has 18 rings (SSSR count). The fourth-order valence-electron chi connectivity index (χ4n) is 17.9. The van der Waals surface area contributed by atoms with Crippen LogP contribution in [0.5, 0.6) is 0 Å². The summed E-state index contributed by atoms with van der Waals surface area (Å²) in [5.74, 6) is 1.80. The van der Waals surface area contributed by atoms with Crippen LogP contribution in [0.1, 0.15) is 115 Å². The molecule has 0 radical (unpaired) electrons. The van der Waals surface area contributed by atoms with Gasteiger partial charge in [0.2, 0.25) is 0 Å². The Hall–Kier alpha value is -7.21. The molecule has 49 heteroatoms. The van der Waals surface area contributed by atoms with E-state index in [2.05, 4.69) is 226 Å². The van der Waals surface area contributed by atoms with Crippen molar-refractivity contribution in [1.82, 2.24) is 97.2 Å². The van der Waals surface area contributed by atoms with Crippen molar-refractivity contribution in [3.63, 3.8) is 0 Å². The highest BCUT2D eigenvalue weighted by molar-refractivity contribution is 14.1. The summed E-state index contributed by atoms with van der Waals surface area (Å²) in [5, 5.41) is 84.0. The molecule has 41 nitrogen and oxygen atoms in total. The van der Waals surface area contributed by atoms with Crippen molar-refractivity contribution in [2.45, 2.75) is 216 Å². The van der Waals surface area contributed by atoms with Gasteiger partial charge in [0, 0.05) is 50.7 Å². The topological polar surface area (TPSA) is 593 Å². The van der Waals surface area contributed by atoms with Crippen LogP contribution in [0, 0.1) is 5.92 Å². The fraction of sp³-hybridized carbons (Fsp3) is 0.579. The van der Waals surface area contributed by atoms with Crippen molar-refractivity contribution in [2.75, 3.05) is 158 Å². The molecule has 6 saturated heterocycles. The Labute approximate surface area is 863 Å². The van der Waals surface area contributed by atoms with Gasteiger partial charge in [0.15, 0.2) is 76.7 Å². The molecule has 0 aromatic carbocycles. The van der Waals surface area contributed by atoms with Crippen LogP contribution in [0.2, 0.25) is 0 Å². The molecule has 12 unspecified atom stereocenters. The van der Waals surface area contributed by atoms with E-state index in [4.69, 9.17) is 67.6 Å². The van der Waals surface area contributed by atoms with Gasteiger partial charge in [0.05, 0.1) is 124 Å². The summed E-state index contributed by atoms with van der Waals surface area (Å²) in [7, 11) is 1.58. The molecule has 24 atom stereocenters. The van der Waals surface area contributed by atoms with E-state index in [9.17, 15) is 40.9 Å². The van der Waals surface area contributed by atoms with E-state index in [1.54, 1.807) is 95.2 Å². The van der Waals surface area contributed by atoms with Crippen LogP contribution in [0.3, 0.4) is 0 Å². The van der Waals surface area contributed by atoms with E-state index in [0.29, 0.717) is 139 Å². The Morgan fingerprint density at radius 1 is 0.347 bits per heavy atom. The van der Waals surface area contributed by atoms with Crippen LogP contribution in [0.15, 0.2) is 87.0 Å². The van der Waals surface area contributed by atoms with Gasteiger partial charge in [-0.2, -0.15) is 0 Å². The minimum absolute atomic E-state index is 0.0353. The number of aryl methyl sites for hydroxylation is 2. The molecule has 6 aliphatic heterocycles. The van der Waals surface area contributed by atoms with E-state index < -0.39 is 127 Å². The molecule has 18 heterocycles. The van der Waals surface area contributed by atoms with Gasteiger partial charge in [-0.25, -0.2) is 69.8 Å². The van der Waals surface area contributed by atoms with Gasteiger partial charge >= 0.3 is 0 Å². The Morgan fingerprint density at radius 3 is 0.979 bits per heavy atom. The molecule has 0 amide bonds. The number of pyridine rings is 4. The maximum Gasteiger partial charge on any atom is 0.167 e. The number of alkyl halides is 2. The van der Waals surface area contributed by atoms with E-state index in [0.717, 1.165) is 69.1 Å². The maximum atomic E-state index is 10.6. The molecule has 6 aliphatic rings. The predicted molar refractivity (Wildman–Crippen MR) is 605 cm³/mol. The number of anilines is 6. The van der Waals surface area contributed by atoms with E-state index in [-0.39, 0.29) is 57.8 Å². The number of methoxy groups -OCH3 is 1. The predicted octanol–water partition coefficient (Wildman–Crippen LogP) is 9.47. The standard InChI is InChI=1S/C17H28N5O3P.C16H26N5O3P.C16H25N4O3P.C16H25N4O2P.C15H22BrN4O2P.C15H22IN4O2P/c1-5-6-11-20-15(18)12-16(21-11)22(9-19-12)17-14(24)13(23)10(25-17)7-8-26(2,3)4;1-5-10-19-14(17)11-15(20-10)21(8-18-11)16-13(23)12(22)9(24-16)6-7-25(2,3)4;1-22-14-13(21)11(6-8-24(2,3)4)23-16(14)20-9-19-12-10(17)5-7-18-15(12)20;1-10-14(21)12(6-8-23(2,3)4)22-16(10)20-9-19-13-11(17)5-7-18-15(13)20;2*1-23(2,3)7-5-10-13(21)11(16)15(22-10)20-8-19-12-9(17)4-6-18-14(12)20/h9-10,13-14,17,23-24H,2,5-8H2,1,3-4H3,(H2,18,20,21);8-9,12-13,16,22-23H,2,5-7H2,1,3-4H3,(H2,17,19,20);5,7,9,11,13-14,16,21H,2,6,8H2,1,3-4H3,(H2,17,18);5,7,9-10,12,14,16,21H,2,6,8H2,1,3-4H3,(H2,17,18);2*4,6,8,10-11,13,15,21H,1,5,7H2,2-3H3,(H2,17,18)/t10?,13-,14-,17?;9?,12-,13-,16?;11?,13-,14-,16?;10-,12?,14+,16?;2*10?,11-,13-,15?/m111111/s1. The highest BCUT2D eigenvalue weighted by Crippen LogP contribution is 2.49. The molecule has 0 aliphatic carbocycles.